The van der Waals surface area contributed by atoms with Crippen LogP contribution in [0.15, 0.2) is 48.6 Å². The van der Waals surface area contributed by atoms with Crippen LogP contribution in [0, 0.1) is 0 Å². The summed E-state index contributed by atoms with van der Waals surface area (Å²) in [5.41, 5.74) is 0. The van der Waals surface area contributed by atoms with Crippen molar-refractivity contribution in [1.82, 2.24) is 0 Å². The van der Waals surface area contributed by atoms with Crippen LogP contribution in [0.3, 0.4) is 0 Å². The quantitative estimate of drug-likeness (QED) is 0.0259. The van der Waals surface area contributed by atoms with Crippen molar-refractivity contribution in [2.45, 2.75) is 264 Å². The molecule has 2 unspecified atom stereocenters. The molecule has 2 atom stereocenters. The SMILES string of the molecule is CC/C=C/C/C=C/CCCCCCCCCCCCCCCCC(=O)OCC(COCCC(C(=O)[O-])[N+](C)(C)C)OC(=O)CCCCCCCCCCCCCCCC/C=C/C/C=C/CC. The van der Waals surface area contributed by atoms with Crippen LogP contribution in [0.25, 0.3) is 0 Å². The number of allylic oxidation sites excluding steroid dienone is 8. The third-order valence-corrected chi connectivity index (χ3v) is 12.5. The second-order valence-electron chi connectivity index (χ2n) is 19.8. The average Bonchev–Trinajstić information content (AvgIpc) is 3.28. The maximum Gasteiger partial charge on any atom is 0.306 e. The van der Waals surface area contributed by atoms with Crippen molar-refractivity contribution in [3.63, 3.8) is 0 Å². The molecule has 0 aliphatic rings. The number of rotatable bonds is 50. The number of ether oxygens (including phenoxy) is 3. The van der Waals surface area contributed by atoms with E-state index in [1.54, 1.807) is 0 Å². The summed E-state index contributed by atoms with van der Waals surface area (Å²) >= 11 is 0. The van der Waals surface area contributed by atoms with Crippen molar-refractivity contribution in [1.29, 1.82) is 0 Å². The highest BCUT2D eigenvalue weighted by molar-refractivity contribution is 5.70. The number of carboxylic acids is 1. The predicted molar refractivity (Wildman–Crippen MR) is 277 cm³/mol. The van der Waals surface area contributed by atoms with Gasteiger partial charge >= 0.3 is 11.9 Å². The van der Waals surface area contributed by atoms with Gasteiger partial charge in [0.25, 0.3) is 0 Å². The van der Waals surface area contributed by atoms with E-state index in [1.165, 1.54) is 154 Å². The van der Waals surface area contributed by atoms with Crippen molar-refractivity contribution in [2.75, 3.05) is 41.0 Å². The predicted octanol–water partition coefficient (Wildman–Crippen LogP) is 15.0. The molecule has 0 aromatic heterocycles. The summed E-state index contributed by atoms with van der Waals surface area (Å²) in [6, 6.07) is -0.726. The van der Waals surface area contributed by atoms with Crippen molar-refractivity contribution >= 4 is 17.9 Å². The topological polar surface area (TPSA) is 102 Å². The summed E-state index contributed by atoms with van der Waals surface area (Å²) in [4.78, 5) is 37.1. The minimum absolute atomic E-state index is 0.0428. The first kappa shape index (κ1) is 63.3. The van der Waals surface area contributed by atoms with E-state index in [0.29, 0.717) is 12.8 Å². The number of carbonyl (C=O) groups excluding carboxylic acids is 3. The molecule has 0 radical (unpaired) electrons. The number of unbranched alkanes of at least 4 members (excludes halogenated alkanes) is 28. The van der Waals surface area contributed by atoms with Gasteiger partial charge in [-0.1, -0.05) is 217 Å². The van der Waals surface area contributed by atoms with Crippen LogP contribution < -0.4 is 5.11 Å². The zero-order valence-electron chi connectivity index (χ0n) is 43.9. The van der Waals surface area contributed by atoms with E-state index in [9.17, 15) is 19.5 Å². The Morgan fingerprint density at radius 2 is 0.803 bits per heavy atom. The maximum absolute atomic E-state index is 12.8. The fourth-order valence-corrected chi connectivity index (χ4v) is 8.27. The zero-order valence-corrected chi connectivity index (χ0v) is 43.9. The molecule has 8 heteroatoms. The number of likely N-dealkylation sites (N-methyl/N-ethyl adjacent to an activating group) is 1. The van der Waals surface area contributed by atoms with Crippen LogP contribution in [-0.4, -0.2) is 75.5 Å². The standard InChI is InChI=1S/C58H105NO7/c1-6-8-10-12-14-16-18-20-22-24-26-28-30-32-34-36-38-40-42-44-46-48-56(60)65-53-54(52-64-51-50-55(58(62)63)59(3,4)5)66-57(61)49-47-45-43-41-39-37-35-33-31-29-27-25-23-21-19-17-15-13-11-9-7-2/h8-11,14-17,54-55H,6-7,12-13,18-53H2,1-5H3/b10-8+,11-9+,16-14+,17-15+. The number of hydrogen-bond donors (Lipinski definition) is 0. The molecular weight excluding hydrogens is 823 g/mol. The summed E-state index contributed by atoms with van der Waals surface area (Å²) in [5, 5.41) is 11.7. The zero-order chi connectivity index (χ0) is 48.4. The molecule has 0 aromatic carbocycles. The lowest BCUT2D eigenvalue weighted by molar-refractivity contribution is -0.889. The van der Waals surface area contributed by atoms with E-state index in [-0.39, 0.29) is 42.7 Å². The van der Waals surface area contributed by atoms with Crippen LogP contribution in [0.1, 0.15) is 251 Å². The highest BCUT2D eigenvalue weighted by atomic mass is 16.6. The fraction of sp³-hybridized carbons (Fsp3) is 0.810. The highest BCUT2D eigenvalue weighted by Crippen LogP contribution is 2.17. The Kier molecular flexibility index (Phi) is 46.7. The molecule has 0 N–H and O–H groups in total. The molecule has 8 nitrogen and oxygen atoms in total. The summed E-state index contributed by atoms with van der Waals surface area (Å²) in [6.45, 7) is 4.50. The van der Waals surface area contributed by atoms with Crippen LogP contribution in [-0.2, 0) is 28.6 Å². The van der Waals surface area contributed by atoms with Crippen LogP contribution in [0.5, 0.6) is 0 Å². The Hall–Kier alpha value is -2.71. The van der Waals surface area contributed by atoms with Gasteiger partial charge in [-0.2, -0.15) is 0 Å². The number of hydrogen-bond acceptors (Lipinski definition) is 7. The molecule has 0 bridgehead atoms. The summed E-state index contributed by atoms with van der Waals surface area (Å²) in [7, 11) is 5.43. The van der Waals surface area contributed by atoms with E-state index in [1.807, 2.05) is 21.1 Å². The van der Waals surface area contributed by atoms with Gasteiger partial charge in [0.1, 0.15) is 12.6 Å². The second-order valence-corrected chi connectivity index (χ2v) is 19.8. The fourth-order valence-electron chi connectivity index (χ4n) is 8.27. The number of esters is 2. The van der Waals surface area contributed by atoms with Crippen molar-refractivity contribution < 1.29 is 38.2 Å². The summed E-state index contributed by atoms with van der Waals surface area (Å²) in [5.74, 6) is -1.72. The molecule has 0 aromatic rings. The molecule has 384 valence electrons. The molecule has 0 heterocycles. The maximum atomic E-state index is 12.8. The molecule has 0 aliphatic carbocycles. The third-order valence-electron chi connectivity index (χ3n) is 12.5. The molecule has 0 spiro atoms. The minimum Gasteiger partial charge on any atom is -0.544 e. The Morgan fingerprint density at radius 3 is 1.17 bits per heavy atom. The van der Waals surface area contributed by atoms with Gasteiger partial charge < -0.3 is 28.6 Å². The first-order chi connectivity index (χ1) is 32.1. The number of carboxylic acid groups (broad SMARTS) is 1. The Labute approximate surface area is 407 Å². The van der Waals surface area contributed by atoms with E-state index in [4.69, 9.17) is 14.2 Å². The monoisotopic (exact) mass is 928 g/mol. The van der Waals surface area contributed by atoms with Gasteiger partial charge in [-0.3, -0.25) is 9.59 Å². The van der Waals surface area contributed by atoms with Gasteiger partial charge in [-0.05, 0) is 64.2 Å². The lowest BCUT2D eigenvalue weighted by Gasteiger charge is -2.34. The highest BCUT2D eigenvalue weighted by Gasteiger charge is 2.25. The lowest BCUT2D eigenvalue weighted by atomic mass is 10.0. The Balaban J connectivity index is 4.15. The second kappa shape index (κ2) is 48.7. The number of quaternary nitrogens is 1. The normalized spacial score (nSPS) is 13.2. The molecule has 0 amide bonds. The molecular formula is C58H105NO7. The van der Waals surface area contributed by atoms with E-state index in [0.717, 1.165) is 64.2 Å². The van der Waals surface area contributed by atoms with Crippen molar-refractivity contribution in [3.05, 3.63) is 48.6 Å². The van der Waals surface area contributed by atoms with Gasteiger partial charge in [-0.15, -0.1) is 0 Å². The van der Waals surface area contributed by atoms with E-state index in [2.05, 4.69) is 62.5 Å². The number of aliphatic carboxylic acids is 1. The van der Waals surface area contributed by atoms with Crippen LogP contribution >= 0.6 is 0 Å². The van der Waals surface area contributed by atoms with E-state index >= 15 is 0 Å². The van der Waals surface area contributed by atoms with Crippen molar-refractivity contribution in [2.24, 2.45) is 0 Å². The summed E-state index contributed by atoms with van der Waals surface area (Å²) in [6.07, 6.45) is 60.1. The molecule has 0 saturated heterocycles. The van der Waals surface area contributed by atoms with Crippen LogP contribution in [0.2, 0.25) is 0 Å². The van der Waals surface area contributed by atoms with Gasteiger partial charge in [0.2, 0.25) is 0 Å². The first-order valence-corrected chi connectivity index (χ1v) is 27.7. The van der Waals surface area contributed by atoms with Crippen molar-refractivity contribution in [3.8, 4) is 0 Å². The summed E-state index contributed by atoms with van der Waals surface area (Å²) < 4.78 is 17.3. The number of carbonyl (C=O) groups is 3. The van der Waals surface area contributed by atoms with Gasteiger partial charge in [0.15, 0.2) is 6.10 Å². The molecule has 0 fully saturated rings. The molecule has 66 heavy (non-hydrogen) atoms. The average molecular weight is 928 g/mol. The third kappa shape index (κ3) is 46.4. The number of nitrogens with zero attached hydrogens (tertiary/aromatic N) is 1. The van der Waals surface area contributed by atoms with E-state index < -0.39 is 18.1 Å². The van der Waals surface area contributed by atoms with Gasteiger partial charge in [0, 0.05) is 19.3 Å². The largest absolute Gasteiger partial charge is 0.544 e. The minimum atomic E-state index is -1.12. The molecule has 0 saturated carbocycles. The van der Waals surface area contributed by atoms with Gasteiger partial charge in [-0.25, -0.2) is 0 Å². The van der Waals surface area contributed by atoms with Gasteiger partial charge in [0.05, 0.1) is 40.3 Å². The van der Waals surface area contributed by atoms with Crippen LogP contribution in [0.4, 0.5) is 0 Å². The molecule has 0 rings (SSSR count). The smallest absolute Gasteiger partial charge is 0.306 e. The molecule has 0 aliphatic heterocycles. The first-order valence-electron chi connectivity index (χ1n) is 27.7. The Morgan fingerprint density at radius 1 is 0.455 bits per heavy atom. The lowest BCUT2D eigenvalue weighted by Crippen LogP contribution is -2.55. The Bertz CT molecular complexity index is 1220.